The second kappa shape index (κ2) is 5.55. The average Bonchev–Trinajstić information content (AvgIpc) is 2.65. The van der Waals surface area contributed by atoms with Gasteiger partial charge in [-0.3, -0.25) is 0 Å². The third-order valence-corrected chi connectivity index (χ3v) is 2.33. The quantitative estimate of drug-likeness (QED) is 0.758. The first-order valence-corrected chi connectivity index (χ1v) is 5.03. The number of aromatic nitrogens is 2. The SMILES string of the molecule is CCC(C)N(CCOC)c1nnc(N)o1. The van der Waals surface area contributed by atoms with Crippen LogP contribution in [0.4, 0.5) is 12.0 Å². The smallest absolute Gasteiger partial charge is 0.319 e. The second-order valence-corrected chi connectivity index (χ2v) is 3.37. The van der Waals surface area contributed by atoms with Gasteiger partial charge in [-0.05, 0) is 13.3 Å². The molecule has 1 unspecified atom stereocenters. The van der Waals surface area contributed by atoms with Gasteiger partial charge in [0.15, 0.2) is 0 Å². The number of hydrogen-bond acceptors (Lipinski definition) is 6. The molecular formula is C9H18N4O2. The maximum Gasteiger partial charge on any atom is 0.319 e. The van der Waals surface area contributed by atoms with Crippen LogP contribution < -0.4 is 10.6 Å². The molecule has 6 heteroatoms. The minimum absolute atomic E-state index is 0.0933. The van der Waals surface area contributed by atoms with E-state index >= 15 is 0 Å². The van der Waals surface area contributed by atoms with Crippen LogP contribution >= 0.6 is 0 Å². The average molecular weight is 214 g/mol. The summed E-state index contributed by atoms with van der Waals surface area (Å²) < 4.78 is 10.2. The Labute approximate surface area is 89.4 Å². The molecule has 0 amide bonds. The van der Waals surface area contributed by atoms with Crippen LogP contribution in [0.25, 0.3) is 0 Å². The van der Waals surface area contributed by atoms with Crippen molar-refractivity contribution in [1.82, 2.24) is 10.2 Å². The van der Waals surface area contributed by atoms with E-state index < -0.39 is 0 Å². The molecule has 1 aromatic rings. The summed E-state index contributed by atoms with van der Waals surface area (Å²) in [4.78, 5) is 1.99. The molecule has 1 heterocycles. The van der Waals surface area contributed by atoms with Gasteiger partial charge in [0.05, 0.1) is 6.61 Å². The molecule has 0 spiro atoms. The second-order valence-electron chi connectivity index (χ2n) is 3.37. The Bertz CT molecular complexity index is 289. The highest BCUT2D eigenvalue weighted by Gasteiger charge is 2.18. The van der Waals surface area contributed by atoms with Crippen molar-refractivity contribution in [2.24, 2.45) is 0 Å². The van der Waals surface area contributed by atoms with Gasteiger partial charge in [0.1, 0.15) is 0 Å². The molecule has 0 saturated heterocycles. The predicted octanol–water partition coefficient (Wildman–Crippen LogP) is 0.903. The summed E-state index contributed by atoms with van der Waals surface area (Å²) in [6, 6.07) is 0.870. The highest BCUT2D eigenvalue weighted by molar-refractivity contribution is 5.29. The van der Waals surface area contributed by atoms with Crippen molar-refractivity contribution in [2.75, 3.05) is 30.9 Å². The van der Waals surface area contributed by atoms with Crippen molar-refractivity contribution in [1.29, 1.82) is 0 Å². The van der Waals surface area contributed by atoms with Gasteiger partial charge < -0.3 is 19.8 Å². The minimum atomic E-state index is 0.0933. The van der Waals surface area contributed by atoms with Gasteiger partial charge in [-0.2, -0.15) is 0 Å². The zero-order chi connectivity index (χ0) is 11.3. The fourth-order valence-electron chi connectivity index (χ4n) is 1.26. The van der Waals surface area contributed by atoms with E-state index in [0.717, 1.165) is 6.42 Å². The van der Waals surface area contributed by atoms with Crippen LogP contribution in [0.3, 0.4) is 0 Å². The van der Waals surface area contributed by atoms with Gasteiger partial charge >= 0.3 is 12.0 Å². The molecule has 0 aromatic carbocycles. The number of ether oxygens (including phenoxy) is 1. The van der Waals surface area contributed by atoms with Crippen LogP contribution in [0, 0.1) is 0 Å². The van der Waals surface area contributed by atoms with Gasteiger partial charge in [0.2, 0.25) is 0 Å². The van der Waals surface area contributed by atoms with Crippen molar-refractivity contribution in [2.45, 2.75) is 26.3 Å². The van der Waals surface area contributed by atoms with E-state index in [4.69, 9.17) is 14.9 Å². The number of rotatable bonds is 6. The highest BCUT2D eigenvalue weighted by atomic mass is 16.5. The lowest BCUT2D eigenvalue weighted by atomic mass is 10.2. The molecule has 0 fully saturated rings. The normalized spacial score (nSPS) is 12.7. The fourth-order valence-corrected chi connectivity index (χ4v) is 1.26. The number of hydrogen-bond donors (Lipinski definition) is 1. The van der Waals surface area contributed by atoms with Gasteiger partial charge in [0.25, 0.3) is 0 Å². The van der Waals surface area contributed by atoms with Gasteiger partial charge in [-0.1, -0.05) is 17.1 Å². The first kappa shape index (κ1) is 11.8. The number of nitrogens with two attached hydrogens (primary N) is 1. The van der Waals surface area contributed by atoms with E-state index in [0.29, 0.717) is 25.2 Å². The van der Waals surface area contributed by atoms with Gasteiger partial charge in [-0.15, -0.1) is 0 Å². The lowest BCUT2D eigenvalue weighted by molar-refractivity contribution is 0.201. The maximum atomic E-state index is 5.39. The summed E-state index contributed by atoms with van der Waals surface area (Å²) in [5.74, 6) is 0. The Morgan fingerprint density at radius 2 is 2.27 bits per heavy atom. The number of anilines is 2. The molecule has 1 aromatic heterocycles. The summed E-state index contributed by atoms with van der Waals surface area (Å²) >= 11 is 0. The standard InChI is InChI=1S/C9H18N4O2/c1-4-7(2)13(5-6-14-3)9-12-11-8(10)15-9/h7H,4-6H2,1-3H3,(H2,10,11). The Hall–Kier alpha value is -1.30. The van der Waals surface area contributed by atoms with E-state index in [1.54, 1.807) is 7.11 Å². The van der Waals surface area contributed by atoms with Crippen molar-refractivity contribution in [3.05, 3.63) is 0 Å². The lowest BCUT2D eigenvalue weighted by Gasteiger charge is -2.25. The van der Waals surface area contributed by atoms with E-state index in [1.165, 1.54) is 0 Å². The zero-order valence-electron chi connectivity index (χ0n) is 9.43. The lowest BCUT2D eigenvalue weighted by Crippen LogP contribution is -2.35. The summed E-state index contributed by atoms with van der Waals surface area (Å²) in [5, 5.41) is 7.51. The van der Waals surface area contributed by atoms with Gasteiger partial charge in [0, 0.05) is 19.7 Å². The molecule has 0 aliphatic rings. The first-order valence-electron chi connectivity index (χ1n) is 5.03. The third-order valence-electron chi connectivity index (χ3n) is 2.33. The third kappa shape index (κ3) is 3.09. The highest BCUT2D eigenvalue weighted by Crippen LogP contribution is 2.17. The fraction of sp³-hybridized carbons (Fsp3) is 0.778. The molecule has 2 N–H and O–H groups in total. The van der Waals surface area contributed by atoms with Crippen molar-refractivity contribution in [3.8, 4) is 0 Å². The zero-order valence-corrected chi connectivity index (χ0v) is 9.43. The summed E-state index contributed by atoms with van der Waals surface area (Å²) in [5.41, 5.74) is 5.39. The molecule has 0 saturated carbocycles. The van der Waals surface area contributed by atoms with Gasteiger partial charge in [-0.25, -0.2) is 0 Å². The Kier molecular flexibility index (Phi) is 4.36. The van der Waals surface area contributed by atoms with E-state index in [-0.39, 0.29) is 6.01 Å². The van der Waals surface area contributed by atoms with Crippen molar-refractivity contribution < 1.29 is 9.15 Å². The molecule has 86 valence electrons. The predicted molar refractivity (Wildman–Crippen MR) is 57.7 cm³/mol. The van der Waals surface area contributed by atoms with Crippen LogP contribution in [0.1, 0.15) is 20.3 Å². The molecule has 6 nitrogen and oxygen atoms in total. The molecular weight excluding hydrogens is 196 g/mol. The van der Waals surface area contributed by atoms with Crippen LogP contribution in [0.5, 0.6) is 0 Å². The van der Waals surface area contributed by atoms with Crippen molar-refractivity contribution >= 4 is 12.0 Å². The monoisotopic (exact) mass is 214 g/mol. The molecule has 0 radical (unpaired) electrons. The number of nitrogens with zero attached hydrogens (tertiary/aromatic N) is 3. The number of nitrogen functional groups attached to an aromatic ring is 1. The van der Waals surface area contributed by atoms with E-state index in [2.05, 4.69) is 24.0 Å². The molecule has 1 rings (SSSR count). The maximum absolute atomic E-state index is 5.39. The summed E-state index contributed by atoms with van der Waals surface area (Å²) in [6.07, 6.45) is 0.992. The van der Waals surface area contributed by atoms with Crippen LogP contribution in [-0.4, -0.2) is 36.5 Å². The van der Waals surface area contributed by atoms with Crippen LogP contribution in [0.15, 0.2) is 4.42 Å². The topological polar surface area (TPSA) is 77.4 Å². The first-order chi connectivity index (χ1) is 7.19. The molecule has 15 heavy (non-hydrogen) atoms. The van der Waals surface area contributed by atoms with E-state index in [1.807, 2.05) is 4.90 Å². The molecule has 1 atom stereocenters. The largest absolute Gasteiger partial charge is 0.390 e. The van der Waals surface area contributed by atoms with Crippen LogP contribution in [0.2, 0.25) is 0 Å². The van der Waals surface area contributed by atoms with Crippen LogP contribution in [-0.2, 0) is 4.74 Å². The van der Waals surface area contributed by atoms with Crippen molar-refractivity contribution in [3.63, 3.8) is 0 Å². The molecule has 0 aliphatic carbocycles. The summed E-state index contributed by atoms with van der Waals surface area (Å²) in [6.45, 7) is 5.53. The molecule has 0 aliphatic heterocycles. The minimum Gasteiger partial charge on any atom is -0.390 e. The van der Waals surface area contributed by atoms with E-state index in [9.17, 15) is 0 Å². The Balaban J connectivity index is 2.71. The molecule has 0 bridgehead atoms. The number of methoxy groups -OCH3 is 1. The Morgan fingerprint density at radius 3 is 2.73 bits per heavy atom. The Morgan fingerprint density at radius 1 is 1.53 bits per heavy atom. The summed E-state index contributed by atoms with van der Waals surface area (Å²) in [7, 11) is 1.66.